The van der Waals surface area contributed by atoms with Crippen LogP contribution in [0.5, 0.6) is 5.75 Å². The summed E-state index contributed by atoms with van der Waals surface area (Å²) < 4.78 is 104. The Morgan fingerprint density at radius 2 is 1.57 bits per heavy atom. The number of alkyl halides is 3. The summed E-state index contributed by atoms with van der Waals surface area (Å²) in [7, 11) is -8.50. The van der Waals surface area contributed by atoms with Crippen molar-refractivity contribution < 1.29 is 74.7 Å². The maximum Gasteiger partial charge on any atom is 0.417 e. The SMILES string of the molecule is CP(=O)(OC[C@H]1O[C@@H](n2cnc3c(=O)[nH]cnc32)[C@H](O)[C@@H]1O)OP(C)(=O)OC[C@H]1O[C@H](Oc2ccc3c(C(F)(F)F)cc(=O)oc3c2)[C@H](O)[C@@H]1O. The number of rotatable bonds is 11. The fourth-order valence-electron chi connectivity index (χ4n) is 5.41. The fraction of sp³-hybridized carbons (Fsp3) is 0.481. The molecule has 0 amide bonds. The zero-order chi connectivity index (χ0) is 37.0. The summed E-state index contributed by atoms with van der Waals surface area (Å²) in [6.07, 6.45) is -14.7. The third-order valence-electron chi connectivity index (χ3n) is 7.81. The van der Waals surface area contributed by atoms with Crippen LogP contribution in [0.15, 0.2) is 50.9 Å². The molecule has 1 aromatic carbocycles. The molecular formula is C27H29F3N4O15P2. The van der Waals surface area contributed by atoms with Crippen LogP contribution in [0.25, 0.3) is 22.1 Å². The van der Waals surface area contributed by atoms with E-state index < -0.39 is 111 Å². The van der Waals surface area contributed by atoms with E-state index in [4.69, 9.17) is 32.0 Å². The first-order valence-electron chi connectivity index (χ1n) is 14.7. The number of benzene rings is 1. The molecule has 6 rings (SSSR count). The standard InChI is InChI=1S/C27H29F3N4O15P2/c1-50(41,43-7-15-19(36)21(38)25(47-15)34-10-33-18-23(34)31-9-32-24(18)40)49-51(2,42)44-8-16-20(37)22(39)26(48-16)45-11-3-4-12-13(27(28,29)30)6-17(35)46-14(12)5-11/h3-6,9-10,15-16,19-22,25-26,36-39H,7-8H2,1-2H3,(H,31,32,40)/t15-,16-,19-,20-,21-,22-,25-,26+,50?,51?/m1/s1. The molecule has 2 saturated heterocycles. The van der Waals surface area contributed by atoms with E-state index in [1.54, 1.807) is 0 Å². The first kappa shape index (κ1) is 37.2. The van der Waals surface area contributed by atoms with E-state index in [-0.39, 0.29) is 16.9 Å². The summed E-state index contributed by atoms with van der Waals surface area (Å²) in [6.45, 7) is 0.533. The van der Waals surface area contributed by atoms with Gasteiger partial charge in [0.1, 0.15) is 48.0 Å². The number of hydrogen-bond acceptors (Lipinski definition) is 17. The first-order valence-corrected chi connectivity index (χ1v) is 18.7. The molecule has 4 aromatic rings. The van der Waals surface area contributed by atoms with E-state index in [0.29, 0.717) is 6.07 Å². The van der Waals surface area contributed by atoms with Crippen molar-refractivity contribution in [2.45, 2.75) is 55.3 Å². The summed E-state index contributed by atoms with van der Waals surface area (Å²) in [4.78, 5) is 33.9. The number of fused-ring (bicyclic) bond motifs is 2. The number of aliphatic hydroxyl groups is 4. The maximum atomic E-state index is 13.4. The van der Waals surface area contributed by atoms with Crippen molar-refractivity contribution >= 4 is 37.3 Å². The molecule has 51 heavy (non-hydrogen) atoms. The van der Waals surface area contributed by atoms with E-state index in [0.717, 1.165) is 37.9 Å². The number of nitrogens with one attached hydrogen (secondary N) is 1. The summed E-state index contributed by atoms with van der Waals surface area (Å²) >= 11 is 0. The molecule has 24 heteroatoms. The van der Waals surface area contributed by atoms with Crippen LogP contribution < -0.4 is 15.9 Å². The Bertz CT molecular complexity index is 2140. The number of aromatic amines is 1. The fourth-order valence-corrected chi connectivity index (χ4v) is 8.78. The molecule has 2 aliphatic heterocycles. The van der Waals surface area contributed by atoms with Crippen molar-refractivity contribution in [3.8, 4) is 5.75 Å². The molecule has 5 N–H and O–H groups in total. The highest BCUT2D eigenvalue weighted by molar-refractivity contribution is 7.66. The number of imidazole rings is 1. The topological polar surface area (TPSA) is 264 Å². The molecule has 0 spiro atoms. The van der Waals surface area contributed by atoms with Gasteiger partial charge in [-0.15, -0.1) is 0 Å². The number of H-pyrrole nitrogens is 1. The van der Waals surface area contributed by atoms with E-state index >= 15 is 0 Å². The Labute approximate surface area is 282 Å². The lowest BCUT2D eigenvalue weighted by atomic mass is 10.1. The van der Waals surface area contributed by atoms with E-state index in [1.807, 2.05) is 0 Å². The van der Waals surface area contributed by atoms with Crippen molar-refractivity contribution in [2.24, 2.45) is 0 Å². The van der Waals surface area contributed by atoms with E-state index in [9.17, 15) is 52.3 Å². The molecule has 0 saturated carbocycles. The van der Waals surface area contributed by atoms with Gasteiger partial charge in [-0.3, -0.25) is 18.5 Å². The molecule has 2 unspecified atom stereocenters. The molecule has 19 nitrogen and oxygen atoms in total. The zero-order valence-electron chi connectivity index (χ0n) is 26.1. The lowest BCUT2D eigenvalue weighted by Crippen LogP contribution is -2.35. The van der Waals surface area contributed by atoms with Crippen molar-refractivity contribution in [1.82, 2.24) is 19.5 Å². The molecule has 278 valence electrons. The number of nitrogens with zero attached hydrogens (tertiary/aromatic N) is 3. The highest BCUT2D eigenvalue weighted by Gasteiger charge is 2.47. The minimum absolute atomic E-state index is 0.0483. The van der Waals surface area contributed by atoms with Gasteiger partial charge in [0.15, 0.2) is 17.4 Å². The molecule has 0 radical (unpaired) electrons. The molecule has 5 heterocycles. The molecular weight excluding hydrogens is 739 g/mol. The Hall–Kier alpha value is -3.53. The third kappa shape index (κ3) is 7.81. The average Bonchev–Trinajstić information content (AvgIpc) is 3.68. The van der Waals surface area contributed by atoms with Gasteiger partial charge < -0.3 is 53.1 Å². The second-order valence-electron chi connectivity index (χ2n) is 11.6. The van der Waals surface area contributed by atoms with Crippen molar-refractivity contribution in [2.75, 3.05) is 26.5 Å². The Morgan fingerprint density at radius 1 is 0.922 bits per heavy atom. The van der Waals surface area contributed by atoms with Crippen LogP contribution in [0.3, 0.4) is 0 Å². The Balaban J connectivity index is 1.03. The van der Waals surface area contributed by atoms with Gasteiger partial charge >= 0.3 is 27.0 Å². The van der Waals surface area contributed by atoms with Crippen LogP contribution in [-0.2, 0) is 38.1 Å². The van der Waals surface area contributed by atoms with E-state index in [1.165, 1.54) is 10.9 Å². The van der Waals surface area contributed by atoms with E-state index in [2.05, 4.69) is 15.0 Å². The summed E-state index contributed by atoms with van der Waals surface area (Å²) in [5.74, 6) is -0.197. The third-order valence-corrected chi connectivity index (χ3v) is 11.4. The molecule has 2 aliphatic rings. The van der Waals surface area contributed by atoms with Gasteiger partial charge in [-0.05, 0) is 12.1 Å². The number of aliphatic hydroxyl groups excluding tert-OH is 4. The predicted octanol–water partition coefficient (Wildman–Crippen LogP) is 1.09. The van der Waals surface area contributed by atoms with Crippen molar-refractivity contribution in [3.05, 3.63) is 63.3 Å². The largest absolute Gasteiger partial charge is 0.462 e. The summed E-state index contributed by atoms with van der Waals surface area (Å²) in [6, 6.07) is 3.33. The van der Waals surface area contributed by atoms with Crippen LogP contribution >= 0.6 is 15.2 Å². The van der Waals surface area contributed by atoms with Crippen LogP contribution in [-0.4, -0.2) is 109 Å². The maximum absolute atomic E-state index is 13.4. The number of halogens is 3. The molecule has 3 aromatic heterocycles. The lowest BCUT2D eigenvalue weighted by molar-refractivity contribution is -0.136. The van der Waals surface area contributed by atoms with Gasteiger partial charge in [0.25, 0.3) is 5.56 Å². The van der Waals surface area contributed by atoms with Gasteiger partial charge in [0.2, 0.25) is 6.29 Å². The number of aromatic nitrogens is 4. The van der Waals surface area contributed by atoms with Crippen LogP contribution in [0, 0.1) is 0 Å². The smallest absolute Gasteiger partial charge is 0.417 e. The summed E-state index contributed by atoms with van der Waals surface area (Å²) in [5.41, 5.74) is -3.51. The highest BCUT2D eigenvalue weighted by Crippen LogP contribution is 2.61. The van der Waals surface area contributed by atoms with Crippen LogP contribution in [0.1, 0.15) is 11.8 Å². The Morgan fingerprint density at radius 3 is 2.24 bits per heavy atom. The number of hydrogen-bond donors (Lipinski definition) is 5. The minimum Gasteiger partial charge on any atom is -0.462 e. The second-order valence-corrected chi connectivity index (χ2v) is 15.8. The quantitative estimate of drug-likeness (QED) is 0.106. The van der Waals surface area contributed by atoms with Crippen molar-refractivity contribution in [1.29, 1.82) is 0 Å². The summed E-state index contributed by atoms with van der Waals surface area (Å²) in [5, 5.41) is 41.6. The molecule has 2 fully saturated rings. The normalized spacial score (nSPS) is 29.4. The average molecular weight is 768 g/mol. The monoisotopic (exact) mass is 768 g/mol. The first-order chi connectivity index (χ1) is 23.8. The predicted molar refractivity (Wildman–Crippen MR) is 163 cm³/mol. The highest BCUT2D eigenvalue weighted by atomic mass is 31.3. The lowest BCUT2D eigenvalue weighted by Gasteiger charge is -2.23. The van der Waals surface area contributed by atoms with Crippen molar-refractivity contribution in [3.63, 3.8) is 0 Å². The van der Waals surface area contributed by atoms with Gasteiger partial charge in [-0.2, -0.15) is 13.2 Å². The second kappa shape index (κ2) is 13.8. The van der Waals surface area contributed by atoms with Gasteiger partial charge in [0.05, 0.1) is 31.4 Å². The molecule has 0 bridgehead atoms. The van der Waals surface area contributed by atoms with Crippen LogP contribution in [0.2, 0.25) is 0 Å². The number of ether oxygens (including phenoxy) is 3. The van der Waals surface area contributed by atoms with Crippen LogP contribution in [0.4, 0.5) is 13.2 Å². The Kier molecular flexibility index (Phi) is 10.1. The van der Waals surface area contributed by atoms with Gasteiger partial charge in [-0.25, -0.2) is 19.1 Å². The zero-order valence-corrected chi connectivity index (χ0v) is 27.9. The minimum atomic E-state index is -4.85. The molecule has 0 aliphatic carbocycles. The van der Waals surface area contributed by atoms with Gasteiger partial charge in [0, 0.05) is 30.8 Å². The molecule has 10 atom stereocenters. The van der Waals surface area contributed by atoms with Gasteiger partial charge in [-0.1, -0.05) is 0 Å².